The number of fused-ring (bicyclic) bond motifs is 1. The number of aryl methyl sites for hydroxylation is 1. The molecule has 0 amide bonds. The molecule has 0 spiro atoms. The van der Waals surface area contributed by atoms with Crippen LogP contribution in [0.2, 0.25) is 0 Å². The second-order valence-corrected chi connectivity index (χ2v) is 3.73. The Morgan fingerprint density at radius 2 is 2.00 bits per heavy atom. The number of hydrogen-bond donors (Lipinski definition) is 2. The van der Waals surface area contributed by atoms with E-state index in [0.717, 1.165) is 42.5 Å². The van der Waals surface area contributed by atoms with Crippen LogP contribution in [0.15, 0.2) is 24.3 Å². The van der Waals surface area contributed by atoms with Gasteiger partial charge in [-0.25, -0.2) is 4.98 Å². The van der Waals surface area contributed by atoms with Crippen molar-refractivity contribution in [3.63, 3.8) is 0 Å². The van der Waals surface area contributed by atoms with Crippen molar-refractivity contribution in [3.8, 4) is 0 Å². The number of benzene rings is 1. The predicted octanol–water partition coefficient (Wildman–Crippen LogP) is 2.27. The number of rotatable bonds is 5. The first-order valence-electron chi connectivity index (χ1n) is 5.44. The van der Waals surface area contributed by atoms with Crippen LogP contribution in [-0.2, 0) is 6.42 Å². The summed E-state index contributed by atoms with van der Waals surface area (Å²) in [6.07, 6.45) is 4.00. The van der Waals surface area contributed by atoms with E-state index in [-0.39, 0.29) is 0 Å². The number of aromatic nitrogens is 2. The number of H-pyrrole nitrogens is 1. The van der Waals surface area contributed by atoms with E-state index < -0.39 is 0 Å². The fraction of sp³-hybridized carbons (Fsp3) is 0.417. The summed E-state index contributed by atoms with van der Waals surface area (Å²) in [5.41, 5.74) is 2.14. The summed E-state index contributed by atoms with van der Waals surface area (Å²) >= 11 is 0. The first kappa shape index (κ1) is 10.2. The number of aliphatic hydroxyl groups is 1. The summed E-state index contributed by atoms with van der Waals surface area (Å²) in [4.78, 5) is 7.79. The van der Waals surface area contributed by atoms with Crippen LogP contribution < -0.4 is 0 Å². The number of nitrogens with one attached hydrogen (secondary N) is 1. The number of hydrogen-bond acceptors (Lipinski definition) is 2. The smallest absolute Gasteiger partial charge is 0.107 e. The van der Waals surface area contributed by atoms with E-state index in [9.17, 15) is 0 Å². The number of nitrogens with zero attached hydrogens (tertiary/aromatic N) is 1. The van der Waals surface area contributed by atoms with Gasteiger partial charge >= 0.3 is 0 Å². The monoisotopic (exact) mass is 204 g/mol. The van der Waals surface area contributed by atoms with E-state index in [1.54, 1.807) is 0 Å². The molecular formula is C12H16N2O. The number of aliphatic hydroxyl groups excluding tert-OH is 1. The lowest BCUT2D eigenvalue weighted by molar-refractivity contribution is 0.283. The van der Waals surface area contributed by atoms with Crippen LogP contribution in [0.4, 0.5) is 0 Å². The summed E-state index contributed by atoms with van der Waals surface area (Å²) in [6, 6.07) is 8.07. The Morgan fingerprint density at radius 3 is 2.80 bits per heavy atom. The zero-order valence-electron chi connectivity index (χ0n) is 8.74. The molecule has 0 fully saturated rings. The average Bonchev–Trinajstić information content (AvgIpc) is 2.67. The van der Waals surface area contributed by atoms with Crippen molar-refractivity contribution in [2.24, 2.45) is 0 Å². The van der Waals surface area contributed by atoms with Gasteiger partial charge in [0.15, 0.2) is 0 Å². The summed E-state index contributed by atoms with van der Waals surface area (Å²) in [5, 5.41) is 8.65. The Balaban J connectivity index is 1.97. The highest BCUT2D eigenvalue weighted by atomic mass is 16.2. The Morgan fingerprint density at radius 1 is 1.13 bits per heavy atom. The maximum absolute atomic E-state index is 8.65. The van der Waals surface area contributed by atoms with Gasteiger partial charge in [0.05, 0.1) is 11.0 Å². The lowest BCUT2D eigenvalue weighted by atomic mass is 10.2. The van der Waals surface area contributed by atoms with Crippen LogP contribution in [0, 0.1) is 0 Å². The fourth-order valence-electron chi connectivity index (χ4n) is 1.71. The second-order valence-electron chi connectivity index (χ2n) is 3.73. The van der Waals surface area contributed by atoms with Crippen molar-refractivity contribution >= 4 is 11.0 Å². The van der Waals surface area contributed by atoms with Gasteiger partial charge in [0.25, 0.3) is 0 Å². The Kier molecular flexibility index (Phi) is 3.35. The third-order valence-electron chi connectivity index (χ3n) is 2.51. The van der Waals surface area contributed by atoms with Crippen molar-refractivity contribution in [1.82, 2.24) is 9.97 Å². The minimum Gasteiger partial charge on any atom is -0.396 e. The summed E-state index contributed by atoms with van der Waals surface area (Å²) < 4.78 is 0. The molecule has 0 radical (unpaired) electrons. The van der Waals surface area contributed by atoms with Gasteiger partial charge in [0, 0.05) is 13.0 Å². The highest BCUT2D eigenvalue weighted by Crippen LogP contribution is 2.12. The van der Waals surface area contributed by atoms with Gasteiger partial charge in [-0.15, -0.1) is 0 Å². The van der Waals surface area contributed by atoms with Gasteiger partial charge in [-0.2, -0.15) is 0 Å². The average molecular weight is 204 g/mol. The highest BCUT2D eigenvalue weighted by molar-refractivity contribution is 5.74. The molecule has 0 aliphatic carbocycles. The quantitative estimate of drug-likeness (QED) is 0.734. The van der Waals surface area contributed by atoms with Gasteiger partial charge in [-0.3, -0.25) is 0 Å². The lowest BCUT2D eigenvalue weighted by Gasteiger charge is -1.95. The zero-order valence-corrected chi connectivity index (χ0v) is 8.74. The summed E-state index contributed by atoms with van der Waals surface area (Å²) in [7, 11) is 0. The van der Waals surface area contributed by atoms with Crippen molar-refractivity contribution in [1.29, 1.82) is 0 Å². The maximum atomic E-state index is 8.65. The van der Waals surface area contributed by atoms with Crippen molar-refractivity contribution < 1.29 is 5.11 Å². The van der Waals surface area contributed by atoms with E-state index >= 15 is 0 Å². The molecular weight excluding hydrogens is 188 g/mol. The molecule has 0 aliphatic heterocycles. The predicted molar refractivity (Wildman–Crippen MR) is 60.7 cm³/mol. The molecule has 1 aromatic heterocycles. The van der Waals surface area contributed by atoms with Gasteiger partial charge < -0.3 is 10.1 Å². The molecule has 0 atom stereocenters. The van der Waals surface area contributed by atoms with Crippen LogP contribution in [0.5, 0.6) is 0 Å². The molecule has 15 heavy (non-hydrogen) atoms. The Hall–Kier alpha value is -1.35. The number of aromatic amines is 1. The van der Waals surface area contributed by atoms with Crippen molar-refractivity contribution in [2.75, 3.05) is 6.61 Å². The zero-order chi connectivity index (χ0) is 10.5. The van der Waals surface area contributed by atoms with E-state index in [1.165, 1.54) is 0 Å². The molecule has 0 saturated carbocycles. The maximum Gasteiger partial charge on any atom is 0.107 e. The highest BCUT2D eigenvalue weighted by Gasteiger charge is 2.00. The lowest BCUT2D eigenvalue weighted by Crippen LogP contribution is -1.89. The van der Waals surface area contributed by atoms with E-state index in [0.29, 0.717) is 6.61 Å². The van der Waals surface area contributed by atoms with Gasteiger partial charge in [-0.1, -0.05) is 18.6 Å². The van der Waals surface area contributed by atoms with Crippen LogP contribution in [0.1, 0.15) is 25.1 Å². The van der Waals surface area contributed by atoms with Gasteiger partial charge in [0.2, 0.25) is 0 Å². The molecule has 80 valence electrons. The van der Waals surface area contributed by atoms with Gasteiger partial charge in [-0.05, 0) is 25.0 Å². The number of imidazole rings is 1. The molecule has 0 unspecified atom stereocenters. The fourth-order valence-corrected chi connectivity index (χ4v) is 1.71. The third kappa shape index (κ3) is 2.57. The minimum absolute atomic E-state index is 0.292. The molecule has 3 nitrogen and oxygen atoms in total. The van der Waals surface area contributed by atoms with E-state index in [2.05, 4.69) is 9.97 Å². The first-order chi connectivity index (χ1) is 7.40. The molecule has 2 aromatic rings. The largest absolute Gasteiger partial charge is 0.396 e. The summed E-state index contributed by atoms with van der Waals surface area (Å²) in [5.74, 6) is 1.05. The Bertz CT molecular complexity index is 389. The first-order valence-corrected chi connectivity index (χ1v) is 5.44. The molecule has 3 heteroatoms. The van der Waals surface area contributed by atoms with Crippen LogP contribution in [0.25, 0.3) is 11.0 Å². The van der Waals surface area contributed by atoms with Crippen LogP contribution >= 0.6 is 0 Å². The third-order valence-corrected chi connectivity index (χ3v) is 2.51. The normalized spacial score (nSPS) is 11.0. The molecule has 0 saturated heterocycles. The standard InChI is InChI=1S/C12H16N2O/c15-9-5-1-2-8-12-13-10-6-3-4-7-11(10)14-12/h3-4,6-7,15H,1-2,5,8-9H2,(H,13,14). The van der Waals surface area contributed by atoms with Crippen molar-refractivity contribution in [2.45, 2.75) is 25.7 Å². The minimum atomic E-state index is 0.292. The molecule has 0 aliphatic rings. The van der Waals surface area contributed by atoms with Crippen molar-refractivity contribution in [3.05, 3.63) is 30.1 Å². The second kappa shape index (κ2) is 4.94. The molecule has 1 heterocycles. The topological polar surface area (TPSA) is 48.9 Å². The molecule has 1 aromatic carbocycles. The van der Waals surface area contributed by atoms with E-state index in [4.69, 9.17) is 5.11 Å². The molecule has 0 bridgehead atoms. The Labute approximate surface area is 89.2 Å². The van der Waals surface area contributed by atoms with Gasteiger partial charge in [0.1, 0.15) is 5.82 Å². The van der Waals surface area contributed by atoms with E-state index in [1.807, 2.05) is 24.3 Å². The van der Waals surface area contributed by atoms with Crippen LogP contribution in [0.3, 0.4) is 0 Å². The molecule has 2 rings (SSSR count). The number of para-hydroxylation sites is 2. The molecule has 2 N–H and O–H groups in total. The van der Waals surface area contributed by atoms with Crippen LogP contribution in [-0.4, -0.2) is 21.7 Å². The SMILES string of the molecule is OCCCCCc1nc2ccccc2[nH]1. The summed E-state index contributed by atoms with van der Waals surface area (Å²) in [6.45, 7) is 0.292. The number of unbranched alkanes of at least 4 members (excludes halogenated alkanes) is 2.